The van der Waals surface area contributed by atoms with E-state index in [0.717, 1.165) is 30.8 Å². The lowest BCUT2D eigenvalue weighted by molar-refractivity contribution is 0.0106. The molecule has 4 aromatic rings. The zero-order chi connectivity index (χ0) is 24.7. The van der Waals surface area contributed by atoms with Crippen LogP contribution in [0.5, 0.6) is 5.75 Å². The van der Waals surface area contributed by atoms with E-state index in [-0.39, 0.29) is 12.0 Å². The van der Waals surface area contributed by atoms with Crippen molar-refractivity contribution in [2.75, 3.05) is 20.2 Å². The molecule has 1 fully saturated rings. The van der Waals surface area contributed by atoms with Crippen molar-refractivity contribution in [2.24, 2.45) is 0 Å². The standard InChI is InChI=1S/C31H32N2O3/c1-35-28-14-12-26(13-15-28)31(34)33-19-22-6-10-25(11-7-22)29-16-17-32-20-30(29)36-21-23-8-9-24-4-2-3-5-27(24)18-23/h2-15,18,29-30,32H,16-17,19-21H2,1H3,(H,33,34)/t29-,30+/m0/s1. The van der Waals surface area contributed by atoms with Gasteiger partial charge in [0.1, 0.15) is 5.75 Å². The summed E-state index contributed by atoms with van der Waals surface area (Å²) in [5, 5.41) is 8.98. The second kappa shape index (κ2) is 11.4. The van der Waals surface area contributed by atoms with E-state index in [1.54, 1.807) is 31.4 Å². The molecule has 4 aromatic carbocycles. The van der Waals surface area contributed by atoms with Crippen LogP contribution in [0.1, 0.15) is 39.4 Å². The Balaban J connectivity index is 1.18. The Hall–Kier alpha value is -3.67. The van der Waals surface area contributed by atoms with Gasteiger partial charge in [-0.25, -0.2) is 0 Å². The highest BCUT2D eigenvalue weighted by atomic mass is 16.5. The van der Waals surface area contributed by atoms with Gasteiger partial charge in [-0.1, -0.05) is 60.7 Å². The highest BCUT2D eigenvalue weighted by Gasteiger charge is 2.27. The van der Waals surface area contributed by atoms with Crippen molar-refractivity contribution in [3.63, 3.8) is 0 Å². The van der Waals surface area contributed by atoms with E-state index in [4.69, 9.17) is 9.47 Å². The molecule has 36 heavy (non-hydrogen) atoms. The summed E-state index contributed by atoms with van der Waals surface area (Å²) < 4.78 is 11.6. The lowest BCUT2D eigenvalue weighted by Gasteiger charge is -2.32. The zero-order valence-corrected chi connectivity index (χ0v) is 20.6. The van der Waals surface area contributed by atoms with Crippen molar-refractivity contribution >= 4 is 16.7 Å². The number of amides is 1. The summed E-state index contributed by atoms with van der Waals surface area (Å²) >= 11 is 0. The van der Waals surface area contributed by atoms with Crippen LogP contribution in [0.4, 0.5) is 0 Å². The third-order valence-corrected chi connectivity index (χ3v) is 6.92. The first-order valence-corrected chi connectivity index (χ1v) is 12.5. The van der Waals surface area contributed by atoms with Gasteiger partial charge in [0.15, 0.2) is 0 Å². The molecule has 1 heterocycles. The molecule has 5 rings (SSSR count). The van der Waals surface area contributed by atoms with Crippen molar-refractivity contribution in [3.8, 4) is 5.75 Å². The molecule has 0 radical (unpaired) electrons. The minimum atomic E-state index is -0.0951. The minimum absolute atomic E-state index is 0.0951. The first-order chi connectivity index (χ1) is 17.7. The number of ether oxygens (including phenoxy) is 2. The molecule has 5 nitrogen and oxygen atoms in total. The number of benzene rings is 4. The van der Waals surface area contributed by atoms with Crippen LogP contribution in [-0.4, -0.2) is 32.2 Å². The molecular formula is C31H32N2O3. The Bertz CT molecular complexity index is 1300. The Morgan fingerprint density at radius 2 is 1.67 bits per heavy atom. The van der Waals surface area contributed by atoms with E-state index in [1.165, 1.54) is 21.9 Å². The predicted octanol–water partition coefficient (Wildman–Crippen LogP) is 5.44. The second-order valence-electron chi connectivity index (χ2n) is 9.28. The molecule has 0 aliphatic carbocycles. The summed E-state index contributed by atoms with van der Waals surface area (Å²) in [6.45, 7) is 2.92. The van der Waals surface area contributed by atoms with E-state index in [2.05, 4.69) is 77.4 Å². The number of carbonyl (C=O) groups excluding carboxylic acids is 1. The largest absolute Gasteiger partial charge is 0.497 e. The smallest absolute Gasteiger partial charge is 0.251 e. The van der Waals surface area contributed by atoms with Crippen molar-refractivity contribution in [1.29, 1.82) is 0 Å². The third-order valence-electron chi connectivity index (χ3n) is 6.92. The molecule has 1 saturated heterocycles. The number of hydrogen-bond acceptors (Lipinski definition) is 4. The van der Waals surface area contributed by atoms with E-state index in [9.17, 15) is 4.79 Å². The lowest BCUT2D eigenvalue weighted by Crippen LogP contribution is -2.41. The number of nitrogens with one attached hydrogen (secondary N) is 2. The SMILES string of the molecule is COc1ccc(C(=O)NCc2ccc([C@@H]3CCNC[C@H]3OCc3ccc4ccccc4c3)cc2)cc1. The fraction of sp³-hybridized carbons (Fsp3) is 0.258. The molecule has 2 atom stereocenters. The van der Waals surface area contributed by atoms with Crippen molar-refractivity contribution < 1.29 is 14.3 Å². The summed E-state index contributed by atoms with van der Waals surface area (Å²) in [6, 6.07) is 30.6. The molecule has 0 bridgehead atoms. The van der Waals surface area contributed by atoms with Crippen LogP contribution in [0, 0.1) is 0 Å². The number of piperidine rings is 1. The first kappa shape index (κ1) is 24.0. The van der Waals surface area contributed by atoms with E-state index < -0.39 is 0 Å². The predicted molar refractivity (Wildman–Crippen MR) is 143 cm³/mol. The first-order valence-electron chi connectivity index (χ1n) is 12.5. The average molecular weight is 481 g/mol. The van der Waals surface area contributed by atoms with Crippen LogP contribution in [0.15, 0.2) is 91.0 Å². The average Bonchev–Trinajstić information content (AvgIpc) is 2.95. The van der Waals surface area contributed by atoms with E-state index >= 15 is 0 Å². The van der Waals surface area contributed by atoms with Gasteiger partial charge < -0.3 is 20.1 Å². The van der Waals surface area contributed by atoms with Crippen LogP contribution in [0.2, 0.25) is 0 Å². The fourth-order valence-electron chi connectivity index (χ4n) is 4.83. The Kier molecular flexibility index (Phi) is 7.60. The van der Waals surface area contributed by atoms with Gasteiger partial charge in [-0.2, -0.15) is 0 Å². The molecule has 5 heteroatoms. The van der Waals surface area contributed by atoms with Gasteiger partial charge in [0.25, 0.3) is 5.91 Å². The molecule has 1 amide bonds. The Labute approximate surface area is 212 Å². The van der Waals surface area contributed by atoms with Crippen LogP contribution < -0.4 is 15.4 Å². The number of hydrogen-bond donors (Lipinski definition) is 2. The molecule has 0 saturated carbocycles. The molecule has 2 N–H and O–H groups in total. The monoisotopic (exact) mass is 480 g/mol. The summed E-state index contributed by atoms with van der Waals surface area (Å²) in [7, 11) is 1.61. The second-order valence-corrected chi connectivity index (χ2v) is 9.28. The summed E-state index contributed by atoms with van der Waals surface area (Å²) in [6.07, 6.45) is 1.15. The summed E-state index contributed by atoms with van der Waals surface area (Å²) in [4.78, 5) is 12.5. The summed E-state index contributed by atoms with van der Waals surface area (Å²) in [5.41, 5.74) is 4.17. The topological polar surface area (TPSA) is 59.6 Å². The zero-order valence-electron chi connectivity index (χ0n) is 20.6. The number of fused-ring (bicyclic) bond motifs is 1. The normalized spacial score (nSPS) is 17.6. The van der Waals surface area contributed by atoms with Crippen molar-refractivity contribution in [3.05, 3.63) is 113 Å². The van der Waals surface area contributed by atoms with Gasteiger partial charge in [0.2, 0.25) is 0 Å². The fourth-order valence-corrected chi connectivity index (χ4v) is 4.83. The van der Waals surface area contributed by atoms with Gasteiger partial charge in [-0.3, -0.25) is 4.79 Å². The molecule has 0 unspecified atom stereocenters. The quantitative estimate of drug-likeness (QED) is 0.353. The maximum atomic E-state index is 12.5. The van der Waals surface area contributed by atoms with Crippen LogP contribution in [0.3, 0.4) is 0 Å². The van der Waals surface area contributed by atoms with Gasteiger partial charge in [-0.15, -0.1) is 0 Å². The number of rotatable bonds is 8. The molecule has 1 aliphatic heterocycles. The Morgan fingerprint density at radius 3 is 2.44 bits per heavy atom. The number of carbonyl (C=O) groups is 1. The highest BCUT2D eigenvalue weighted by molar-refractivity contribution is 5.94. The van der Waals surface area contributed by atoms with Crippen LogP contribution >= 0.6 is 0 Å². The molecule has 0 aromatic heterocycles. The van der Waals surface area contributed by atoms with Crippen LogP contribution in [-0.2, 0) is 17.9 Å². The highest BCUT2D eigenvalue weighted by Crippen LogP contribution is 2.29. The third kappa shape index (κ3) is 5.76. The molecule has 1 aliphatic rings. The van der Waals surface area contributed by atoms with Crippen molar-refractivity contribution in [2.45, 2.75) is 31.6 Å². The van der Waals surface area contributed by atoms with Crippen LogP contribution in [0.25, 0.3) is 10.8 Å². The molecule has 184 valence electrons. The minimum Gasteiger partial charge on any atom is -0.497 e. The summed E-state index contributed by atoms with van der Waals surface area (Å²) in [5.74, 6) is 0.983. The van der Waals surface area contributed by atoms with Gasteiger partial charge >= 0.3 is 0 Å². The lowest BCUT2D eigenvalue weighted by atomic mass is 9.87. The Morgan fingerprint density at radius 1 is 0.917 bits per heavy atom. The van der Waals surface area contributed by atoms with Crippen molar-refractivity contribution in [1.82, 2.24) is 10.6 Å². The molecule has 0 spiro atoms. The number of methoxy groups -OCH3 is 1. The maximum absolute atomic E-state index is 12.5. The maximum Gasteiger partial charge on any atom is 0.251 e. The van der Waals surface area contributed by atoms with E-state index in [1.807, 2.05) is 0 Å². The van der Waals surface area contributed by atoms with Gasteiger partial charge in [-0.05, 0) is 70.8 Å². The van der Waals surface area contributed by atoms with Gasteiger partial charge in [0.05, 0.1) is 19.8 Å². The van der Waals surface area contributed by atoms with Gasteiger partial charge in [0, 0.05) is 24.6 Å². The molecular weight excluding hydrogens is 448 g/mol. The van der Waals surface area contributed by atoms with E-state index in [0.29, 0.717) is 24.6 Å².